The van der Waals surface area contributed by atoms with E-state index in [0.29, 0.717) is 0 Å². The highest BCUT2D eigenvalue weighted by molar-refractivity contribution is 9.10. The van der Waals surface area contributed by atoms with Crippen LogP contribution in [0.4, 0.5) is 5.69 Å². The summed E-state index contributed by atoms with van der Waals surface area (Å²) in [6.45, 7) is 5.98. The largest absolute Gasteiger partial charge is 0.385 e. The van der Waals surface area contributed by atoms with E-state index in [1.807, 2.05) is 0 Å². The fraction of sp³-hybridized carbons (Fsp3) is 0.500. The Morgan fingerprint density at radius 1 is 1.27 bits per heavy atom. The normalized spacial score (nSPS) is 10.4. The molecule has 3 heteroatoms. The summed E-state index contributed by atoms with van der Waals surface area (Å²) in [5.41, 5.74) is 3.72. The van der Waals surface area contributed by atoms with E-state index < -0.39 is 0 Å². The summed E-state index contributed by atoms with van der Waals surface area (Å²) in [4.78, 5) is 0. The van der Waals surface area contributed by atoms with Crippen LogP contribution in [0.1, 0.15) is 17.5 Å². The third-order valence-corrected chi connectivity index (χ3v) is 3.54. The van der Waals surface area contributed by atoms with E-state index in [1.54, 1.807) is 7.11 Å². The highest BCUT2D eigenvalue weighted by Gasteiger charge is 2.01. The molecule has 0 aromatic heterocycles. The van der Waals surface area contributed by atoms with Crippen molar-refractivity contribution in [3.05, 3.63) is 27.7 Å². The van der Waals surface area contributed by atoms with E-state index in [0.717, 1.165) is 19.6 Å². The molecule has 0 aliphatic rings. The Hall–Kier alpha value is -0.540. The lowest BCUT2D eigenvalue weighted by atomic mass is 10.1. The molecule has 84 valence electrons. The Labute approximate surface area is 100 Å². The van der Waals surface area contributed by atoms with Crippen molar-refractivity contribution in [2.24, 2.45) is 0 Å². The Bertz CT molecular complexity index is 302. The van der Waals surface area contributed by atoms with Crippen LogP contribution in [0.3, 0.4) is 0 Å². The summed E-state index contributed by atoms with van der Waals surface area (Å²) in [6, 6.07) is 4.31. The second-order valence-corrected chi connectivity index (χ2v) is 4.49. The highest BCUT2D eigenvalue weighted by atomic mass is 79.9. The van der Waals surface area contributed by atoms with Crippen molar-refractivity contribution in [2.45, 2.75) is 20.3 Å². The highest BCUT2D eigenvalue weighted by Crippen LogP contribution is 2.24. The first-order chi connectivity index (χ1) is 7.15. The third-order valence-electron chi connectivity index (χ3n) is 2.29. The van der Waals surface area contributed by atoms with Crippen molar-refractivity contribution in [1.29, 1.82) is 0 Å². The van der Waals surface area contributed by atoms with E-state index in [1.165, 1.54) is 21.3 Å². The zero-order valence-corrected chi connectivity index (χ0v) is 11.1. The van der Waals surface area contributed by atoms with Gasteiger partial charge in [-0.2, -0.15) is 0 Å². The summed E-state index contributed by atoms with van der Waals surface area (Å²) >= 11 is 3.56. The number of hydrogen-bond donors (Lipinski definition) is 1. The predicted octanol–water partition coefficient (Wildman–Crippen LogP) is 3.51. The van der Waals surface area contributed by atoms with E-state index in [2.05, 4.69) is 47.2 Å². The molecule has 1 N–H and O–H groups in total. The minimum absolute atomic E-state index is 0.807. The Morgan fingerprint density at radius 2 is 1.87 bits per heavy atom. The number of aryl methyl sites for hydroxylation is 2. The van der Waals surface area contributed by atoms with Crippen LogP contribution < -0.4 is 5.32 Å². The molecule has 0 saturated carbocycles. The molecule has 0 amide bonds. The van der Waals surface area contributed by atoms with E-state index in [-0.39, 0.29) is 0 Å². The van der Waals surface area contributed by atoms with Crippen LogP contribution in [-0.2, 0) is 4.74 Å². The first-order valence-electron chi connectivity index (χ1n) is 5.14. The summed E-state index contributed by atoms with van der Waals surface area (Å²) < 4.78 is 6.20. The molecule has 0 aliphatic carbocycles. The van der Waals surface area contributed by atoms with E-state index >= 15 is 0 Å². The molecule has 15 heavy (non-hydrogen) atoms. The molecule has 2 nitrogen and oxygen atoms in total. The van der Waals surface area contributed by atoms with Gasteiger partial charge in [0.15, 0.2) is 0 Å². The number of benzene rings is 1. The van der Waals surface area contributed by atoms with Crippen molar-refractivity contribution >= 4 is 21.6 Å². The molecule has 0 spiro atoms. The number of hydrogen-bond acceptors (Lipinski definition) is 2. The van der Waals surface area contributed by atoms with Crippen molar-refractivity contribution in [1.82, 2.24) is 0 Å². The number of rotatable bonds is 5. The molecule has 0 fully saturated rings. The zero-order chi connectivity index (χ0) is 11.3. The average Bonchev–Trinajstić information content (AvgIpc) is 2.21. The van der Waals surface area contributed by atoms with Crippen molar-refractivity contribution in [3.8, 4) is 0 Å². The van der Waals surface area contributed by atoms with Crippen LogP contribution in [0.25, 0.3) is 0 Å². The number of anilines is 1. The second kappa shape index (κ2) is 6.13. The summed E-state index contributed by atoms with van der Waals surface area (Å²) in [7, 11) is 1.73. The van der Waals surface area contributed by atoms with Gasteiger partial charge in [-0.3, -0.25) is 0 Å². The SMILES string of the molecule is COCCCNc1cc(C)c(Br)c(C)c1. The molecule has 0 heterocycles. The zero-order valence-electron chi connectivity index (χ0n) is 9.56. The van der Waals surface area contributed by atoms with Crippen LogP contribution in [0.2, 0.25) is 0 Å². The van der Waals surface area contributed by atoms with Crippen LogP contribution in [0.5, 0.6) is 0 Å². The minimum Gasteiger partial charge on any atom is -0.385 e. The monoisotopic (exact) mass is 271 g/mol. The van der Waals surface area contributed by atoms with Gasteiger partial charge >= 0.3 is 0 Å². The lowest BCUT2D eigenvalue weighted by Gasteiger charge is -2.10. The topological polar surface area (TPSA) is 21.3 Å². The smallest absolute Gasteiger partial charge is 0.0479 e. The molecular formula is C12H18BrNO. The van der Waals surface area contributed by atoms with Crippen molar-refractivity contribution in [3.63, 3.8) is 0 Å². The first-order valence-corrected chi connectivity index (χ1v) is 5.94. The lowest BCUT2D eigenvalue weighted by molar-refractivity contribution is 0.198. The molecule has 0 aliphatic heterocycles. The molecule has 0 unspecified atom stereocenters. The molecular weight excluding hydrogens is 254 g/mol. The van der Waals surface area contributed by atoms with E-state index in [9.17, 15) is 0 Å². The Kier molecular flexibility index (Phi) is 5.12. The second-order valence-electron chi connectivity index (χ2n) is 3.70. The fourth-order valence-corrected chi connectivity index (χ4v) is 1.73. The quantitative estimate of drug-likeness (QED) is 0.828. The van der Waals surface area contributed by atoms with Gasteiger partial charge in [-0.15, -0.1) is 0 Å². The standard InChI is InChI=1S/C12H18BrNO/c1-9-7-11(8-10(2)12(9)13)14-5-4-6-15-3/h7-8,14H,4-6H2,1-3H3. The van der Waals surface area contributed by atoms with Gasteiger partial charge in [-0.25, -0.2) is 0 Å². The average molecular weight is 272 g/mol. The minimum atomic E-state index is 0.807. The molecule has 1 aromatic rings. The molecule has 1 rings (SSSR count). The maximum atomic E-state index is 5.00. The number of methoxy groups -OCH3 is 1. The van der Waals surface area contributed by atoms with Gasteiger partial charge in [-0.1, -0.05) is 15.9 Å². The predicted molar refractivity (Wildman–Crippen MR) is 68.6 cm³/mol. The number of nitrogens with one attached hydrogen (secondary N) is 1. The van der Waals surface area contributed by atoms with Crippen LogP contribution in [0.15, 0.2) is 16.6 Å². The van der Waals surface area contributed by atoms with Crippen LogP contribution in [-0.4, -0.2) is 20.3 Å². The van der Waals surface area contributed by atoms with Gasteiger partial charge in [0, 0.05) is 30.4 Å². The number of halogens is 1. The Balaban J connectivity index is 2.55. The summed E-state index contributed by atoms with van der Waals surface area (Å²) in [5, 5.41) is 3.39. The Morgan fingerprint density at radius 3 is 2.40 bits per heavy atom. The van der Waals surface area contributed by atoms with Gasteiger partial charge in [0.1, 0.15) is 0 Å². The molecule has 0 bridgehead atoms. The van der Waals surface area contributed by atoms with Crippen molar-refractivity contribution < 1.29 is 4.74 Å². The fourth-order valence-electron chi connectivity index (χ4n) is 1.50. The molecule has 0 atom stereocenters. The van der Waals surface area contributed by atoms with Gasteiger partial charge in [0.2, 0.25) is 0 Å². The molecule has 0 saturated heterocycles. The van der Waals surface area contributed by atoms with Gasteiger partial charge in [-0.05, 0) is 43.5 Å². The van der Waals surface area contributed by atoms with Gasteiger partial charge < -0.3 is 10.1 Å². The third kappa shape index (κ3) is 3.84. The maximum absolute atomic E-state index is 5.00. The number of ether oxygens (including phenoxy) is 1. The molecule has 1 aromatic carbocycles. The van der Waals surface area contributed by atoms with Crippen LogP contribution >= 0.6 is 15.9 Å². The summed E-state index contributed by atoms with van der Waals surface area (Å²) in [5.74, 6) is 0. The molecule has 0 radical (unpaired) electrons. The van der Waals surface area contributed by atoms with Gasteiger partial charge in [0.05, 0.1) is 0 Å². The van der Waals surface area contributed by atoms with E-state index in [4.69, 9.17) is 4.74 Å². The van der Waals surface area contributed by atoms with Crippen LogP contribution in [0, 0.1) is 13.8 Å². The lowest BCUT2D eigenvalue weighted by Crippen LogP contribution is -2.05. The van der Waals surface area contributed by atoms with Gasteiger partial charge in [0.25, 0.3) is 0 Å². The summed E-state index contributed by atoms with van der Waals surface area (Å²) in [6.07, 6.45) is 1.03. The van der Waals surface area contributed by atoms with Crippen molar-refractivity contribution in [2.75, 3.05) is 25.6 Å². The maximum Gasteiger partial charge on any atom is 0.0479 e. The first kappa shape index (κ1) is 12.5.